The molecule has 0 saturated carbocycles. The number of ether oxygens (including phenoxy) is 1. The summed E-state index contributed by atoms with van der Waals surface area (Å²) in [6.07, 6.45) is 7.41. The number of carbonyl (C=O) groups is 1. The first kappa shape index (κ1) is 21.0. The number of nitrogens with zero attached hydrogens (tertiary/aromatic N) is 5. The number of benzene rings is 1. The van der Waals surface area contributed by atoms with Crippen molar-refractivity contribution >= 4 is 23.1 Å². The minimum absolute atomic E-state index is 0.426. The van der Waals surface area contributed by atoms with Crippen molar-refractivity contribution in [1.82, 2.24) is 14.3 Å². The van der Waals surface area contributed by atoms with Crippen LogP contribution in [0.25, 0.3) is 5.65 Å². The predicted molar refractivity (Wildman–Crippen MR) is 123 cm³/mol. The number of imidazole rings is 1. The van der Waals surface area contributed by atoms with E-state index in [9.17, 15) is 4.79 Å². The summed E-state index contributed by atoms with van der Waals surface area (Å²) in [5.74, 6) is 0.927. The Morgan fingerprint density at radius 1 is 1.13 bits per heavy atom. The van der Waals surface area contributed by atoms with Crippen LogP contribution in [0.4, 0.5) is 16.2 Å². The number of aromatic nitrogens is 2. The molecule has 0 aliphatic carbocycles. The standard InChI is InChI=1S/C23H30N6O2/c1-31-21-7-3-2-6-20(21)27-16-14-26(15-17-27)11-4-5-12-29(23(24)30)19-8-9-22-25-10-13-28(22)18-19/h2-3,6-10,13,18H,4-5,11-12,14-17H2,1H3,(H2,24,30). The highest BCUT2D eigenvalue weighted by atomic mass is 16.5. The van der Waals surface area contributed by atoms with Crippen molar-refractivity contribution in [2.75, 3.05) is 56.2 Å². The summed E-state index contributed by atoms with van der Waals surface area (Å²) in [5.41, 5.74) is 8.45. The second kappa shape index (κ2) is 9.70. The monoisotopic (exact) mass is 422 g/mol. The molecule has 1 aliphatic rings. The maximum Gasteiger partial charge on any atom is 0.319 e. The zero-order valence-electron chi connectivity index (χ0n) is 18.0. The number of hydrogen-bond acceptors (Lipinski definition) is 5. The van der Waals surface area contributed by atoms with Crippen LogP contribution in [0, 0.1) is 0 Å². The molecule has 1 saturated heterocycles. The Morgan fingerprint density at radius 3 is 2.71 bits per heavy atom. The lowest BCUT2D eigenvalue weighted by atomic mass is 10.2. The van der Waals surface area contributed by atoms with Gasteiger partial charge in [-0.3, -0.25) is 9.80 Å². The second-order valence-electron chi connectivity index (χ2n) is 7.78. The van der Waals surface area contributed by atoms with Crippen molar-refractivity contribution in [3.63, 3.8) is 0 Å². The van der Waals surface area contributed by atoms with Gasteiger partial charge >= 0.3 is 6.03 Å². The Labute approximate surface area is 182 Å². The number of nitrogens with two attached hydrogens (primary N) is 1. The minimum atomic E-state index is -0.426. The van der Waals surface area contributed by atoms with Gasteiger partial charge in [-0.05, 0) is 43.7 Å². The van der Waals surface area contributed by atoms with Crippen molar-refractivity contribution in [3.8, 4) is 5.75 Å². The van der Waals surface area contributed by atoms with Gasteiger partial charge in [-0.25, -0.2) is 9.78 Å². The number of unbranched alkanes of at least 4 members (excludes halogenated alkanes) is 1. The molecule has 2 amide bonds. The van der Waals surface area contributed by atoms with Crippen LogP contribution in [0.15, 0.2) is 55.0 Å². The number of piperazine rings is 1. The Bertz CT molecular complexity index is 1010. The molecule has 0 unspecified atom stereocenters. The van der Waals surface area contributed by atoms with Gasteiger partial charge in [-0.2, -0.15) is 0 Å². The average Bonchev–Trinajstić information content (AvgIpc) is 3.27. The van der Waals surface area contributed by atoms with E-state index in [2.05, 4.69) is 26.9 Å². The van der Waals surface area contributed by atoms with E-state index in [1.807, 2.05) is 41.1 Å². The van der Waals surface area contributed by atoms with E-state index >= 15 is 0 Å². The van der Waals surface area contributed by atoms with Crippen molar-refractivity contribution in [2.24, 2.45) is 5.73 Å². The third-order valence-corrected chi connectivity index (χ3v) is 5.86. The molecule has 31 heavy (non-hydrogen) atoms. The van der Waals surface area contributed by atoms with Crippen LogP contribution in [0.5, 0.6) is 5.75 Å². The van der Waals surface area contributed by atoms with Crippen LogP contribution in [0.3, 0.4) is 0 Å². The molecule has 3 heterocycles. The summed E-state index contributed by atoms with van der Waals surface area (Å²) in [5, 5.41) is 0. The van der Waals surface area contributed by atoms with Gasteiger partial charge in [0, 0.05) is 51.3 Å². The van der Waals surface area contributed by atoms with E-state index in [1.54, 1.807) is 18.2 Å². The maximum absolute atomic E-state index is 12.0. The lowest BCUT2D eigenvalue weighted by Crippen LogP contribution is -2.46. The molecule has 0 radical (unpaired) electrons. The van der Waals surface area contributed by atoms with Crippen molar-refractivity contribution < 1.29 is 9.53 Å². The quantitative estimate of drug-likeness (QED) is 0.565. The Kier molecular flexibility index (Phi) is 6.57. The number of pyridine rings is 1. The highest BCUT2D eigenvalue weighted by molar-refractivity contribution is 5.90. The maximum atomic E-state index is 12.0. The second-order valence-corrected chi connectivity index (χ2v) is 7.78. The first-order chi connectivity index (χ1) is 15.2. The fourth-order valence-electron chi connectivity index (χ4n) is 4.14. The number of rotatable bonds is 8. The van der Waals surface area contributed by atoms with Crippen molar-refractivity contribution in [2.45, 2.75) is 12.8 Å². The van der Waals surface area contributed by atoms with Gasteiger partial charge in [-0.15, -0.1) is 0 Å². The van der Waals surface area contributed by atoms with E-state index < -0.39 is 6.03 Å². The zero-order valence-corrected chi connectivity index (χ0v) is 18.0. The van der Waals surface area contributed by atoms with Gasteiger partial charge < -0.3 is 19.8 Å². The molecule has 1 aromatic carbocycles. The number of para-hydroxylation sites is 2. The van der Waals surface area contributed by atoms with E-state index in [0.717, 1.165) is 68.3 Å². The van der Waals surface area contributed by atoms with Crippen molar-refractivity contribution in [1.29, 1.82) is 0 Å². The smallest absolute Gasteiger partial charge is 0.319 e. The number of anilines is 2. The van der Waals surface area contributed by atoms with Gasteiger partial charge in [0.15, 0.2) is 0 Å². The van der Waals surface area contributed by atoms with Crippen LogP contribution in [-0.2, 0) is 0 Å². The minimum Gasteiger partial charge on any atom is -0.495 e. The largest absolute Gasteiger partial charge is 0.495 e. The normalized spacial score (nSPS) is 14.7. The first-order valence-electron chi connectivity index (χ1n) is 10.8. The summed E-state index contributed by atoms with van der Waals surface area (Å²) < 4.78 is 7.39. The predicted octanol–water partition coefficient (Wildman–Crippen LogP) is 2.83. The molecule has 164 valence electrons. The molecule has 8 heteroatoms. The molecule has 8 nitrogen and oxygen atoms in total. The molecule has 1 fully saturated rings. The highest BCUT2D eigenvalue weighted by Crippen LogP contribution is 2.28. The molecule has 2 N–H and O–H groups in total. The summed E-state index contributed by atoms with van der Waals surface area (Å²) in [4.78, 5) is 22.7. The summed E-state index contributed by atoms with van der Waals surface area (Å²) in [6.45, 7) is 5.64. The third kappa shape index (κ3) is 4.91. The molecule has 3 aromatic rings. The number of hydrogen-bond donors (Lipinski definition) is 1. The topological polar surface area (TPSA) is 79.3 Å². The SMILES string of the molecule is COc1ccccc1N1CCN(CCCCN(C(N)=O)c2ccc3nccn3c2)CC1. The van der Waals surface area contributed by atoms with E-state index in [-0.39, 0.29) is 0 Å². The molecular weight excluding hydrogens is 392 g/mol. The van der Waals surface area contributed by atoms with Gasteiger partial charge in [0.05, 0.1) is 18.5 Å². The zero-order chi connectivity index (χ0) is 21.6. The molecular formula is C23H30N6O2. The molecule has 2 aromatic heterocycles. The van der Waals surface area contributed by atoms with Gasteiger partial charge in [0.2, 0.25) is 0 Å². The van der Waals surface area contributed by atoms with Crippen molar-refractivity contribution in [3.05, 3.63) is 55.0 Å². The molecule has 1 aliphatic heterocycles. The Morgan fingerprint density at radius 2 is 1.94 bits per heavy atom. The van der Waals surface area contributed by atoms with Crippen LogP contribution in [-0.4, -0.2) is 66.7 Å². The fourth-order valence-corrected chi connectivity index (χ4v) is 4.14. The van der Waals surface area contributed by atoms with Crippen LogP contribution in [0.2, 0.25) is 0 Å². The van der Waals surface area contributed by atoms with E-state index in [1.165, 1.54) is 0 Å². The number of amides is 2. The van der Waals surface area contributed by atoms with Gasteiger partial charge in [0.1, 0.15) is 11.4 Å². The molecule has 0 spiro atoms. The van der Waals surface area contributed by atoms with Crippen LogP contribution < -0.4 is 20.3 Å². The number of primary amides is 1. The lowest BCUT2D eigenvalue weighted by molar-refractivity contribution is 0.248. The van der Waals surface area contributed by atoms with Gasteiger partial charge in [0.25, 0.3) is 0 Å². The molecule has 4 rings (SSSR count). The Hall–Kier alpha value is -3.26. The molecule has 0 atom stereocenters. The number of urea groups is 1. The van der Waals surface area contributed by atoms with E-state index in [0.29, 0.717) is 6.54 Å². The Balaban J connectivity index is 1.24. The number of methoxy groups -OCH3 is 1. The van der Waals surface area contributed by atoms with Crippen LogP contribution >= 0.6 is 0 Å². The summed E-state index contributed by atoms with van der Waals surface area (Å²) >= 11 is 0. The lowest BCUT2D eigenvalue weighted by Gasteiger charge is -2.36. The average molecular weight is 423 g/mol. The van der Waals surface area contributed by atoms with Gasteiger partial charge in [-0.1, -0.05) is 12.1 Å². The van der Waals surface area contributed by atoms with E-state index in [4.69, 9.17) is 10.5 Å². The highest BCUT2D eigenvalue weighted by Gasteiger charge is 2.19. The third-order valence-electron chi connectivity index (χ3n) is 5.86. The summed E-state index contributed by atoms with van der Waals surface area (Å²) in [6, 6.07) is 11.5. The number of carbonyl (C=O) groups excluding carboxylic acids is 1. The number of fused-ring (bicyclic) bond motifs is 1. The van der Waals surface area contributed by atoms with Crippen LogP contribution in [0.1, 0.15) is 12.8 Å². The summed E-state index contributed by atoms with van der Waals surface area (Å²) in [7, 11) is 1.72. The molecule has 0 bridgehead atoms. The fraction of sp³-hybridized carbons (Fsp3) is 0.391. The first-order valence-corrected chi connectivity index (χ1v) is 10.8.